The minimum Gasteiger partial charge on any atom is -0.368 e. The number of nitrogens with zero attached hydrogens (tertiary/aromatic N) is 3. The Morgan fingerprint density at radius 2 is 2.11 bits per heavy atom. The summed E-state index contributed by atoms with van der Waals surface area (Å²) in [6.07, 6.45) is 0. The van der Waals surface area contributed by atoms with Gasteiger partial charge in [0.25, 0.3) is 0 Å². The van der Waals surface area contributed by atoms with E-state index in [2.05, 4.69) is 20.3 Å². The molecular weight excluding hydrogens is 265 g/mol. The molecule has 1 unspecified atom stereocenters. The molecular formula is C12H16FN5S. The highest BCUT2D eigenvalue weighted by Gasteiger charge is 2.24. The molecule has 0 bridgehead atoms. The van der Waals surface area contributed by atoms with Crippen molar-refractivity contribution in [2.75, 3.05) is 11.1 Å². The Labute approximate surface area is 115 Å². The largest absolute Gasteiger partial charge is 0.368 e. The summed E-state index contributed by atoms with van der Waals surface area (Å²) in [4.78, 5) is 13.0. The summed E-state index contributed by atoms with van der Waals surface area (Å²) in [5.41, 5.74) is 3.93. The third-order valence-corrected chi connectivity index (χ3v) is 3.56. The molecule has 1 atom stereocenters. The smallest absolute Gasteiger partial charge is 0.228 e. The van der Waals surface area contributed by atoms with E-state index in [0.29, 0.717) is 0 Å². The molecule has 19 heavy (non-hydrogen) atoms. The molecule has 102 valence electrons. The SMILES string of the molecule is CC(Nc1nc(N)nc(C(C)(C)F)n1)c1cccs1. The second-order valence-corrected chi connectivity index (χ2v) is 5.67. The number of nitrogens with one attached hydrogen (secondary N) is 1. The van der Waals surface area contributed by atoms with Crippen molar-refractivity contribution < 1.29 is 4.39 Å². The highest BCUT2D eigenvalue weighted by molar-refractivity contribution is 7.10. The molecule has 0 saturated heterocycles. The van der Waals surface area contributed by atoms with E-state index in [4.69, 9.17) is 5.73 Å². The highest BCUT2D eigenvalue weighted by Crippen LogP contribution is 2.24. The molecule has 0 aromatic carbocycles. The van der Waals surface area contributed by atoms with Crippen LogP contribution in [0.1, 0.15) is 37.5 Å². The molecule has 2 aromatic rings. The van der Waals surface area contributed by atoms with Crippen LogP contribution >= 0.6 is 11.3 Å². The highest BCUT2D eigenvalue weighted by atomic mass is 32.1. The fourth-order valence-corrected chi connectivity index (χ4v) is 2.26. The lowest BCUT2D eigenvalue weighted by molar-refractivity contribution is 0.206. The van der Waals surface area contributed by atoms with Crippen LogP contribution in [0, 0.1) is 0 Å². The first-order valence-electron chi connectivity index (χ1n) is 5.87. The molecule has 2 heterocycles. The van der Waals surface area contributed by atoms with E-state index in [1.165, 1.54) is 13.8 Å². The lowest BCUT2D eigenvalue weighted by Crippen LogP contribution is -2.19. The number of anilines is 2. The van der Waals surface area contributed by atoms with Gasteiger partial charge in [0.1, 0.15) is 0 Å². The fourth-order valence-electron chi connectivity index (χ4n) is 1.53. The van der Waals surface area contributed by atoms with Crippen molar-refractivity contribution in [2.24, 2.45) is 0 Å². The first kappa shape index (κ1) is 13.7. The second-order valence-electron chi connectivity index (χ2n) is 4.69. The molecule has 0 aliphatic heterocycles. The van der Waals surface area contributed by atoms with Crippen molar-refractivity contribution in [3.8, 4) is 0 Å². The topological polar surface area (TPSA) is 76.7 Å². The Bertz CT molecular complexity index is 550. The molecule has 0 aliphatic carbocycles. The monoisotopic (exact) mass is 281 g/mol. The van der Waals surface area contributed by atoms with Crippen molar-refractivity contribution in [3.05, 3.63) is 28.2 Å². The average molecular weight is 281 g/mol. The van der Waals surface area contributed by atoms with Crippen LogP contribution in [0.25, 0.3) is 0 Å². The molecule has 7 heteroatoms. The van der Waals surface area contributed by atoms with Crippen LogP contribution < -0.4 is 11.1 Å². The number of halogens is 1. The van der Waals surface area contributed by atoms with Gasteiger partial charge in [-0.15, -0.1) is 11.3 Å². The van der Waals surface area contributed by atoms with Crippen molar-refractivity contribution in [3.63, 3.8) is 0 Å². The molecule has 3 N–H and O–H groups in total. The maximum Gasteiger partial charge on any atom is 0.228 e. The number of hydrogen-bond donors (Lipinski definition) is 2. The van der Waals surface area contributed by atoms with Gasteiger partial charge in [0.2, 0.25) is 11.9 Å². The van der Waals surface area contributed by atoms with E-state index in [1.54, 1.807) is 11.3 Å². The lowest BCUT2D eigenvalue weighted by atomic mass is 10.1. The van der Waals surface area contributed by atoms with Crippen LogP contribution in [-0.2, 0) is 5.67 Å². The predicted molar refractivity (Wildman–Crippen MR) is 74.7 cm³/mol. The maximum atomic E-state index is 13.9. The summed E-state index contributed by atoms with van der Waals surface area (Å²) in [6.45, 7) is 4.74. The Morgan fingerprint density at radius 3 is 2.68 bits per heavy atom. The van der Waals surface area contributed by atoms with Gasteiger partial charge in [-0.05, 0) is 32.2 Å². The number of hydrogen-bond acceptors (Lipinski definition) is 6. The standard InChI is InChI=1S/C12H16FN5S/c1-7(8-5-4-6-19-8)15-11-17-9(12(2,3)13)16-10(14)18-11/h4-7H,1-3H3,(H3,14,15,16,17,18). The summed E-state index contributed by atoms with van der Waals surface area (Å²) in [5, 5.41) is 5.09. The number of thiophene rings is 1. The summed E-state index contributed by atoms with van der Waals surface area (Å²) in [5.74, 6) is 0.326. The third kappa shape index (κ3) is 3.37. The van der Waals surface area contributed by atoms with Crippen LogP contribution in [0.15, 0.2) is 17.5 Å². The van der Waals surface area contributed by atoms with Crippen molar-refractivity contribution in [1.29, 1.82) is 0 Å². The zero-order chi connectivity index (χ0) is 14.0. The van der Waals surface area contributed by atoms with Gasteiger partial charge in [-0.3, -0.25) is 0 Å². The minimum atomic E-state index is -1.65. The summed E-state index contributed by atoms with van der Waals surface area (Å²) in [6, 6.07) is 4.00. The van der Waals surface area contributed by atoms with Crippen LogP contribution in [-0.4, -0.2) is 15.0 Å². The molecule has 0 fully saturated rings. The summed E-state index contributed by atoms with van der Waals surface area (Å²) in [7, 11) is 0. The van der Waals surface area contributed by atoms with E-state index in [0.717, 1.165) is 4.88 Å². The van der Waals surface area contributed by atoms with Gasteiger partial charge in [0, 0.05) is 4.88 Å². The van der Waals surface area contributed by atoms with E-state index >= 15 is 0 Å². The van der Waals surface area contributed by atoms with E-state index in [-0.39, 0.29) is 23.8 Å². The van der Waals surface area contributed by atoms with Crippen LogP contribution in [0.5, 0.6) is 0 Å². The zero-order valence-corrected chi connectivity index (χ0v) is 11.8. The molecule has 2 rings (SSSR count). The Balaban J connectivity index is 2.23. The number of nitrogen functional groups attached to an aromatic ring is 1. The minimum absolute atomic E-state index is 0.0107. The van der Waals surface area contributed by atoms with Gasteiger partial charge < -0.3 is 11.1 Å². The number of rotatable bonds is 4. The Morgan fingerprint density at radius 1 is 1.37 bits per heavy atom. The van der Waals surface area contributed by atoms with Gasteiger partial charge >= 0.3 is 0 Å². The van der Waals surface area contributed by atoms with Gasteiger partial charge in [-0.25, -0.2) is 4.39 Å². The van der Waals surface area contributed by atoms with E-state index < -0.39 is 5.67 Å². The number of aromatic nitrogens is 3. The van der Waals surface area contributed by atoms with Crippen molar-refractivity contribution >= 4 is 23.2 Å². The Kier molecular flexibility index (Phi) is 3.66. The van der Waals surface area contributed by atoms with E-state index in [1.807, 2.05) is 24.4 Å². The number of nitrogens with two attached hydrogens (primary N) is 1. The zero-order valence-electron chi connectivity index (χ0n) is 11.0. The van der Waals surface area contributed by atoms with Crippen LogP contribution in [0.4, 0.5) is 16.3 Å². The first-order valence-corrected chi connectivity index (χ1v) is 6.75. The van der Waals surface area contributed by atoms with Gasteiger partial charge in [0.15, 0.2) is 11.5 Å². The van der Waals surface area contributed by atoms with Gasteiger partial charge in [-0.1, -0.05) is 6.07 Å². The second kappa shape index (κ2) is 5.08. The van der Waals surface area contributed by atoms with Crippen LogP contribution in [0.2, 0.25) is 0 Å². The van der Waals surface area contributed by atoms with Crippen molar-refractivity contribution in [1.82, 2.24) is 15.0 Å². The quantitative estimate of drug-likeness (QED) is 0.901. The van der Waals surface area contributed by atoms with Crippen LogP contribution in [0.3, 0.4) is 0 Å². The summed E-state index contributed by atoms with van der Waals surface area (Å²) >= 11 is 1.63. The first-order chi connectivity index (χ1) is 8.86. The third-order valence-electron chi connectivity index (χ3n) is 2.50. The molecule has 0 spiro atoms. The molecule has 0 aliphatic rings. The maximum absolute atomic E-state index is 13.9. The van der Waals surface area contributed by atoms with E-state index in [9.17, 15) is 4.39 Å². The molecule has 0 amide bonds. The normalized spacial score (nSPS) is 13.3. The van der Waals surface area contributed by atoms with Gasteiger partial charge in [-0.2, -0.15) is 15.0 Å². The molecule has 5 nitrogen and oxygen atoms in total. The Hall–Kier alpha value is -1.76. The fraction of sp³-hybridized carbons (Fsp3) is 0.417. The average Bonchev–Trinajstić information content (AvgIpc) is 2.80. The molecule has 0 radical (unpaired) electrons. The summed E-state index contributed by atoms with van der Waals surface area (Å²) < 4.78 is 13.9. The predicted octanol–water partition coefficient (Wildman–Crippen LogP) is 2.89. The van der Waals surface area contributed by atoms with Gasteiger partial charge in [0.05, 0.1) is 6.04 Å². The number of alkyl halides is 1. The lowest BCUT2D eigenvalue weighted by Gasteiger charge is -2.16. The van der Waals surface area contributed by atoms with Crippen molar-refractivity contribution in [2.45, 2.75) is 32.5 Å². The molecule has 2 aromatic heterocycles. The molecule has 0 saturated carbocycles.